The Labute approximate surface area is 56.3 Å². The number of likely N-dealkylation sites (N-methyl/N-ethyl adjacent to an activating group) is 1. The van der Waals surface area contributed by atoms with E-state index in [0.717, 1.165) is 6.54 Å². The predicted molar refractivity (Wildman–Crippen MR) is 38.9 cm³/mol. The van der Waals surface area contributed by atoms with Crippen molar-refractivity contribution >= 4 is 0 Å². The normalized spacial score (nSPS) is 35.2. The minimum Gasteiger partial charge on any atom is -0.379 e. The Kier molecular flexibility index (Phi) is 1.76. The van der Waals surface area contributed by atoms with E-state index < -0.39 is 0 Å². The first-order valence-corrected chi connectivity index (χ1v) is 3.34. The Hall–Kier alpha value is -0.500. The van der Waals surface area contributed by atoms with Crippen LogP contribution in [0.5, 0.6) is 0 Å². The first kappa shape index (κ1) is 6.62. The van der Waals surface area contributed by atoms with Crippen LogP contribution in [0.25, 0.3) is 0 Å². The fourth-order valence-electron chi connectivity index (χ4n) is 0.985. The van der Waals surface area contributed by atoms with E-state index in [4.69, 9.17) is 5.73 Å². The fourth-order valence-corrected chi connectivity index (χ4v) is 0.985. The SMILES string of the molecule is CC1C=CN(C)CC1N. The zero-order valence-corrected chi connectivity index (χ0v) is 6.04. The maximum absolute atomic E-state index is 5.78. The van der Waals surface area contributed by atoms with Crippen molar-refractivity contribution in [2.45, 2.75) is 13.0 Å². The summed E-state index contributed by atoms with van der Waals surface area (Å²) in [7, 11) is 2.04. The van der Waals surface area contributed by atoms with Crippen molar-refractivity contribution in [3.05, 3.63) is 12.3 Å². The van der Waals surface area contributed by atoms with Gasteiger partial charge in [0.05, 0.1) is 0 Å². The lowest BCUT2D eigenvalue weighted by Crippen LogP contribution is -2.40. The van der Waals surface area contributed by atoms with Crippen molar-refractivity contribution in [1.82, 2.24) is 4.90 Å². The van der Waals surface area contributed by atoms with Gasteiger partial charge in [-0.25, -0.2) is 0 Å². The second kappa shape index (κ2) is 2.40. The molecule has 1 rings (SSSR count). The van der Waals surface area contributed by atoms with Crippen LogP contribution in [-0.2, 0) is 0 Å². The maximum atomic E-state index is 5.78. The summed E-state index contributed by atoms with van der Waals surface area (Å²) in [5.74, 6) is 0.543. The summed E-state index contributed by atoms with van der Waals surface area (Å²) in [5.41, 5.74) is 5.78. The maximum Gasteiger partial charge on any atom is 0.0326 e. The molecule has 0 aliphatic carbocycles. The largest absolute Gasteiger partial charge is 0.379 e. The predicted octanol–water partition coefficient (Wildman–Crippen LogP) is 0.409. The van der Waals surface area contributed by atoms with E-state index in [9.17, 15) is 0 Å². The van der Waals surface area contributed by atoms with Crippen LogP contribution in [0.4, 0.5) is 0 Å². The minimum atomic E-state index is 0.319. The number of rotatable bonds is 0. The lowest BCUT2D eigenvalue weighted by molar-refractivity contribution is 0.345. The van der Waals surface area contributed by atoms with Gasteiger partial charge in [0.25, 0.3) is 0 Å². The van der Waals surface area contributed by atoms with Crippen molar-refractivity contribution < 1.29 is 0 Å². The average molecular weight is 126 g/mol. The molecule has 0 fully saturated rings. The molecule has 0 bridgehead atoms. The molecular formula is C7H14N2. The van der Waals surface area contributed by atoms with Gasteiger partial charge >= 0.3 is 0 Å². The Balaban J connectivity index is 2.54. The lowest BCUT2D eigenvalue weighted by Gasteiger charge is -2.27. The zero-order chi connectivity index (χ0) is 6.85. The molecule has 0 aromatic carbocycles. The van der Waals surface area contributed by atoms with Crippen LogP contribution in [0, 0.1) is 5.92 Å². The highest BCUT2D eigenvalue weighted by Crippen LogP contribution is 2.09. The van der Waals surface area contributed by atoms with Crippen LogP contribution in [0.2, 0.25) is 0 Å². The minimum absolute atomic E-state index is 0.319. The van der Waals surface area contributed by atoms with Gasteiger partial charge in [-0.3, -0.25) is 0 Å². The van der Waals surface area contributed by atoms with Crippen LogP contribution in [-0.4, -0.2) is 24.5 Å². The molecule has 2 nitrogen and oxygen atoms in total. The fraction of sp³-hybridized carbons (Fsp3) is 0.714. The number of hydrogen-bond donors (Lipinski definition) is 1. The van der Waals surface area contributed by atoms with Gasteiger partial charge in [0.2, 0.25) is 0 Å². The highest BCUT2D eigenvalue weighted by molar-refractivity contribution is 4.97. The van der Waals surface area contributed by atoms with Crippen LogP contribution >= 0.6 is 0 Å². The van der Waals surface area contributed by atoms with Gasteiger partial charge < -0.3 is 10.6 Å². The smallest absolute Gasteiger partial charge is 0.0326 e. The van der Waals surface area contributed by atoms with Crippen LogP contribution in [0.1, 0.15) is 6.92 Å². The highest BCUT2D eigenvalue weighted by atomic mass is 15.1. The van der Waals surface area contributed by atoms with Gasteiger partial charge in [0, 0.05) is 19.6 Å². The lowest BCUT2D eigenvalue weighted by atomic mass is 10.0. The monoisotopic (exact) mass is 126 g/mol. The molecule has 2 unspecified atom stereocenters. The summed E-state index contributed by atoms with van der Waals surface area (Å²) in [5, 5.41) is 0. The molecule has 0 aromatic rings. The quantitative estimate of drug-likeness (QED) is 0.509. The molecule has 0 amide bonds. The Bertz CT molecular complexity index is 120. The van der Waals surface area contributed by atoms with Crippen molar-refractivity contribution in [2.75, 3.05) is 13.6 Å². The summed E-state index contributed by atoms with van der Waals surface area (Å²) < 4.78 is 0. The molecule has 2 heteroatoms. The first-order chi connectivity index (χ1) is 4.20. The Morgan fingerprint density at radius 3 is 2.78 bits per heavy atom. The van der Waals surface area contributed by atoms with E-state index in [1.165, 1.54) is 0 Å². The molecule has 2 atom stereocenters. The molecule has 0 aromatic heterocycles. The third-order valence-corrected chi connectivity index (χ3v) is 1.82. The van der Waals surface area contributed by atoms with Gasteiger partial charge in [-0.2, -0.15) is 0 Å². The molecular weight excluding hydrogens is 112 g/mol. The molecule has 2 N–H and O–H groups in total. The van der Waals surface area contributed by atoms with Crippen LogP contribution < -0.4 is 5.73 Å². The van der Waals surface area contributed by atoms with Crippen molar-refractivity contribution in [3.8, 4) is 0 Å². The molecule has 1 aliphatic rings. The van der Waals surface area contributed by atoms with E-state index in [1.54, 1.807) is 0 Å². The summed E-state index contributed by atoms with van der Waals surface area (Å²) in [6, 6.07) is 0.319. The third-order valence-electron chi connectivity index (χ3n) is 1.82. The number of hydrogen-bond acceptors (Lipinski definition) is 2. The molecule has 52 valence electrons. The molecule has 1 aliphatic heterocycles. The third kappa shape index (κ3) is 1.45. The van der Waals surface area contributed by atoms with Gasteiger partial charge in [-0.05, 0) is 12.1 Å². The standard InChI is InChI=1S/C7H14N2/c1-6-3-4-9(2)5-7(6)8/h3-4,6-7H,5,8H2,1-2H3. The van der Waals surface area contributed by atoms with Gasteiger partial charge in [0.15, 0.2) is 0 Å². The van der Waals surface area contributed by atoms with E-state index in [1.807, 2.05) is 7.05 Å². The second-order valence-electron chi connectivity index (χ2n) is 2.80. The van der Waals surface area contributed by atoms with Gasteiger partial charge in [0.1, 0.15) is 0 Å². The first-order valence-electron chi connectivity index (χ1n) is 3.34. The molecule has 0 radical (unpaired) electrons. The van der Waals surface area contributed by atoms with E-state index in [2.05, 4.69) is 24.1 Å². The van der Waals surface area contributed by atoms with Crippen molar-refractivity contribution in [3.63, 3.8) is 0 Å². The second-order valence-corrected chi connectivity index (χ2v) is 2.80. The molecule has 0 spiro atoms. The molecule has 1 heterocycles. The van der Waals surface area contributed by atoms with Crippen molar-refractivity contribution in [1.29, 1.82) is 0 Å². The Morgan fingerprint density at radius 2 is 2.33 bits per heavy atom. The Morgan fingerprint density at radius 1 is 1.67 bits per heavy atom. The highest BCUT2D eigenvalue weighted by Gasteiger charge is 2.14. The molecule has 0 saturated carbocycles. The number of nitrogens with zero attached hydrogens (tertiary/aromatic N) is 1. The zero-order valence-electron chi connectivity index (χ0n) is 6.04. The molecule has 0 saturated heterocycles. The summed E-state index contributed by atoms with van der Waals surface area (Å²) in [6.07, 6.45) is 4.24. The number of nitrogens with two attached hydrogens (primary N) is 1. The van der Waals surface area contributed by atoms with Crippen LogP contribution in [0.15, 0.2) is 12.3 Å². The van der Waals surface area contributed by atoms with Gasteiger partial charge in [-0.15, -0.1) is 0 Å². The van der Waals surface area contributed by atoms with Gasteiger partial charge in [-0.1, -0.05) is 13.0 Å². The van der Waals surface area contributed by atoms with Crippen molar-refractivity contribution in [2.24, 2.45) is 11.7 Å². The van der Waals surface area contributed by atoms with Crippen LogP contribution in [0.3, 0.4) is 0 Å². The van der Waals surface area contributed by atoms with E-state index in [0.29, 0.717) is 12.0 Å². The average Bonchev–Trinajstić information content (AvgIpc) is 1.80. The van der Waals surface area contributed by atoms with E-state index >= 15 is 0 Å². The topological polar surface area (TPSA) is 29.3 Å². The summed E-state index contributed by atoms with van der Waals surface area (Å²) in [6.45, 7) is 3.13. The molecule has 9 heavy (non-hydrogen) atoms. The van der Waals surface area contributed by atoms with E-state index in [-0.39, 0.29) is 0 Å². The summed E-state index contributed by atoms with van der Waals surface area (Å²) >= 11 is 0. The summed E-state index contributed by atoms with van der Waals surface area (Å²) in [4.78, 5) is 2.12.